The summed E-state index contributed by atoms with van der Waals surface area (Å²) in [5.74, 6) is 0. The van der Waals surface area contributed by atoms with E-state index < -0.39 is 0 Å². The predicted molar refractivity (Wildman–Crippen MR) is 165 cm³/mol. The van der Waals surface area contributed by atoms with Crippen LogP contribution in [0.3, 0.4) is 0 Å². The molecule has 0 N–H and O–H groups in total. The highest BCUT2D eigenvalue weighted by molar-refractivity contribution is 6.24. The van der Waals surface area contributed by atoms with Gasteiger partial charge in [-0.1, -0.05) is 79.1 Å². The van der Waals surface area contributed by atoms with Gasteiger partial charge in [-0.15, -0.1) is 23.2 Å². The van der Waals surface area contributed by atoms with Gasteiger partial charge in [0.2, 0.25) is 0 Å². The molecule has 0 aromatic rings. The lowest BCUT2D eigenvalue weighted by Gasteiger charge is -2.80. The largest absolute Gasteiger partial charge is 0.119 e. The third-order valence-corrected chi connectivity index (χ3v) is 14.6. The molecule has 0 saturated heterocycles. The van der Waals surface area contributed by atoms with Crippen molar-refractivity contribution in [2.45, 2.75) is 192 Å². The smallest absolute Gasteiger partial charge is 0.0463 e. The van der Waals surface area contributed by atoms with Crippen molar-refractivity contribution in [2.75, 3.05) is 0 Å². The minimum Gasteiger partial charge on any atom is -0.119 e. The Morgan fingerprint density at radius 1 is 0.368 bits per heavy atom. The van der Waals surface area contributed by atoms with Crippen LogP contribution in [0.15, 0.2) is 0 Å². The van der Waals surface area contributed by atoms with Gasteiger partial charge in [0.25, 0.3) is 0 Å². The topological polar surface area (TPSA) is 0 Å². The van der Waals surface area contributed by atoms with Crippen molar-refractivity contribution in [1.29, 1.82) is 0 Å². The molecule has 8 saturated carbocycles. The van der Waals surface area contributed by atoms with Crippen LogP contribution in [0.4, 0.5) is 0 Å². The molecule has 8 rings (SSSR count). The van der Waals surface area contributed by atoms with E-state index in [0.717, 1.165) is 0 Å². The molecular weight excluding hydrogens is 503 g/mol. The summed E-state index contributed by atoms with van der Waals surface area (Å²) in [7, 11) is 0. The molecule has 4 unspecified atom stereocenters. The van der Waals surface area contributed by atoms with Gasteiger partial charge in [0, 0.05) is 9.75 Å². The maximum Gasteiger partial charge on any atom is 0.0463 e. The van der Waals surface area contributed by atoms with E-state index in [1.54, 1.807) is 0 Å². The summed E-state index contributed by atoms with van der Waals surface area (Å²) in [6.07, 6.45) is 33.7. The number of unbranched alkanes of at least 4 members (excludes halogenated alkanes) is 4. The average Bonchev–Trinajstić information content (AvgIpc) is 2.81. The third-order valence-electron chi connectivity index (χ3n) is 13.8. The minimum absolute atomic E-state index is 0.0617. The van der Waals surface area contributed by atoms with Gasteiger partial charge in [-0.05, 0) is 135 Å². The lowest BCUT2D eigenvalue weighted by molar-refractivity contribution is -0.269. The van der Waals surface area contributed by atoms with Crippen LogP contribution in [-0.4, -0.2) is 9.75 Å². The summed E-state index contributed by atoms with van der Waals surface area (Å²) >= 11 is 15.9. The van der Waals surface area contributed by atoms with Gasteiger partial charge >= 0.3 is 0 Å². The van der Waals surface area contributed by atoms with Crippen molar-refractivity contribution >= 4 is 23.2 Å². The number of rotatable bonds is 13. The van der Waals surface area contributed by atoms with Crippen LogP contribution >= 0.6 is 23.2 Å². The molecule has 0 aromatic heterocycles. The number of alkyl halides is 2. The number of halogens is 2. The molecule has 0 aliphatic heterocycles. The zero-order valence-electron chi connectivity index (χ0n) is 25.7. The normalized spacial score (nSPS) is 52.3. The molecule has 8 aliphatic rings. The first kappa shape index (κ1) is 28.7. The van der Waals surface area contributed by atoms with E-state index in [9.17, 15) is 0 Å². The quantitative estimate of drug-likeness (QED) is 0.196. The second kappa shape index (κ2) is 9.55. The third kappa shape index (κ3) is 4.49. The fourth-order valence-corrected chi connectivity index (χ4v) is 15.9. The molecule has 8 aliphatic carbocycles. The van der Waals surface area contributed by atoms with Crippen molar-refractivity contribution < 1.29 is 0 Å². The molecule has 218 valence electrons. The van der Waals surface area contributed by atoms with E-state index in [1.807, 2.05) is 0 Å². The second-order valence-corrected chi connectivity index (χ2v) is 19.0. The summed E-state index contributed by atoms with van der Waals surface area (Å²) < 4.78 is 0. The van der Waals surface area contributed by atoms with Crippen molar-refractivity contribution in [2.24, 2.45) is 32.5 Å². The van der Waals surface area contributed by atoms with Crippen LogP contribution in [0.25, 0.3) is 0 Å². The molecular formula is C36H60Cl2. The summed E-state index contributed by atoms with van der Waals surface area (Å²) in [6.45, 7) is 9.63. The van der Waals surface area contributed by atoms with Gasteiger partial charge in [0.05, 0.1) is 0 Å². The minimum atomic E-state index is 0.0617. The Labute approximate surface area is 246 Å². The molecule has 8 bridgehead atoms. The monoisotopic (exact) mass is 562 g/mol. The zero-order valence-corrected chi connectivity index (χ0v) is 27.2. The van der Waals surface area contributed by atoms with Crippen molar-refractivity contribution in [3.8, 4) is 0 Å². The molecule has 0 nitrogen and oxygen atoms in total. The van der Waals surface area contributed by atoms with Gasteiger partial charge in [-0.3, -0.25) is 0 Å². The van der Waals surface area contributed by atoms with Crippen molar-refractivity contribution in [1.82, 2.24) is 0 Å². The molecule has 38 heavy (non-hydrogen) atoms. The van der Waals surface area contributed by atoms with Crippen LogP contribution in [0.5, 0.6) is 0 Å². The van der Waals surface area contributed by atoms with Gasteiger partial charge in [-0.2, -0.15) is 0 Å². The van der Waals surface area contributed by atoms with Crippen LogP contribution in [0.1, 0.15) is 182 Å². The Balaban J connectivity index is 1.46. The van der Waals surface area contributed by atoms with Crippen molar-refractivity contribution in [3.05, 3.63) is 0 Å². The van der Waals surface area contributed by atoms with Crippen LogP contribution in [0, 0.1) is 32.5 Å². The van der Waals surface area contributed by atoms with E-state index in [-0.39, 0.29) is 9.75 Å². The van der Waals surface area contributed by atoms with Crippen LogP contribution in [-0.2, 0) is 0 Å². The maximum atomic E-state index is 7.94. The van der Waals surface area contributed by atoms with Gasteiger partial charge in [0.15, 0.2) is 0 Å². The number of hydrogen-bond donors (Lipinski definition) is 0. The van der Waals surface area contributed by atoms with E-state index >= 15 is 0 Å². The first-order valence-corrected chi connectivity index (χ1v) is 18.1. The SMILES string of the molecule is CCCCC12CC3(Cl)CC(CCCC)(C1)CC(C14CC5(Cl)CC(CCCC)(CC(CCCC)(C5)C1)C4)(C3)C2. The lowest BCUT2D eigenvalue weighted by Crippen LogP contribution is -2.72. The Morgan fingerprint density at radius 2 is 0.632 bits per heavy atom. The fourth-order valence-electron chi connectivity index (χ4n) is 14.3. The first-order valence-electron chi connectivity index (χ1n) is 17.4. The van der Waals surface area contributed by atoms with E-state index in [1.165, 1.54) is 154 Å². The molecule has 0 radical (unpaired) electrons. The zero-order chi connectivity index (χ0) is 27.0. The second-order valence-electron chi connectivity index (χ2n) is 17.4. The molecule has 0 spiro atoms. The summed E-state index contributed by atoms with van der Waals surface area (Å²) in [5.41, 5.74) is 2.93. The highest BCUT2D eigenvalue weighted by atomic mass is 35.5. The first-order chi connectivity index (χ1) is 18.0. The summed E-state index contributed by atoms with van der Waals surface area (Å²) in [6, 6.07) is 0. The van der Waals surface area contributed by atoms with E-state index in [4.69, 9.17) is 23.2 Å². The molecule has 4 atom stereocenters. The summed E-state index contributed by atoms with van der Waals surface area (Å²) in [4.78, 5) is 0.123. The van der Waals surface area contributed by atoms with E-state index in [0.29, 0.717) is 32.5 Å². The standard InChI is InChI=1S/C36H60Cl2/c1-5-9-13-29-17-30(14-10-6-2)20-33(19-29,27-35(37,23-29)24-30)34-21-31(15-11-7-3)18-32(22-34,16-12-8-4)26-36(38,25-31)28-34/h5-28H2,1-4H3. The Kier molecular flexibility index (Phi) is 7.21. The van der Waals surface area contributed by atoms with Crippen LogP contribution in [0.2, 0.25) is 0 Å². The lowest BCUT2D eigenvalue weighted by atomic mass is 9.27. The highest BCUT2D eigenvalue weighted by Crippen LogP contribution is 2.85. The van der Waals surface area contributed by atoms with E-state index in [2.05, 4.69) is 27.7 Å². The molecule has 0 heterocycles. The van der Waals surface area contributed by atoms with Crippen LogP contribution < -0.4 is 0 Å². The highest BCUT2D eigenvalue weighted by Gasteiger charge is 2.77. The Hall–Kier alpha value is 0.580. The molecule has 0 amide bonds. The molecule has 2 heteroatoms. The molecule has 0 aromatic carbocycles. The predicted octanol–water partition coefficient (Wildman–Crippen LogP) is 12.4. The Bertz CT molecular complexity index is 768. The average molecular weight is 564 g/mol. The van der Waals surface area contributed by atoms with Crippen molar-refractivity contribution in [3.63, 3.8) is 0 Å². The van der Waals surface area contributed by atoms with Gasteiger partial charge in [0.1, 0.15) is 0 Å². The maximum absolute atomic E-state index is 7.94. The molecule has 8 fully saturated rings. The number of hydrogen-bond acceptors (Lipinski definition) is 0. The van der Waals surface area contributed by atoms with Gasteiger partial charge in [-0.25, -0.2) is 0 Å². The summed E-state index contributed by atoms with van der Waals surface area (Å²) in [5, 5.41) is 0. The van der Waals surface area contributed by atoms with Gasteiger partial charge < -0.3 is 0 Å². The fraction of sp³-hybridized carbons (Fsp3) is 1.00. The Morgan fingerprint density at radius 3 is 0.868 bits per heavy atom.